The van der Waals surface area contributed by atoms with Gasteiger partial charge in [-0.2, -0.15) is 13.2 Å². The fourth-order valence-electron chi connectivity index (χ4n) is 1.49. The summed E-state index contributed by atoms with van der Waals surface area (Å²) >= 11 is 1.06. The molecule has 2 aromatic rings. The molecule has 2 rings (SSSR count). The van der Waals surface area contributed by atoms with Gasteiger partial charge in [0.2, 0.25) is 0 Å². The molecule has 0 aliphatic heterocycles. The highest BCUT2D eigenvalue weighted by Crippen LogP contribution is 2.33. The summed E-state index contributed by atoms with van der Waals surface area (Å²) in [5.41, 5.74) is 4.46. The number of nitrogens with two attached hydrogens (primary N) is 1. The summed E-state index contributed by atoms with van der Waals surface area (Å²) in [5, 5.41) is 11.0. The number of hydrogen-bond acceptors (Lipinski definition) is 5. The Kier molecular flexibility index (Phi) is 4.03. The van der Waals surface area contributed by atoms with E-state index in [2.05, 4.69) is 4.98 Å². The van der Waals surface area contributed by atoms with Crippen LogP contribution in [0.1, 0.15) is 5.56 Å². The van der Waals surface area contributed by atoms with Gasteiger partial charge >= 0.3 is 6.18 Å². The van der Waals surface area contributed by atoms with Crippen LogP contribution >= 0.6 is 11.8 Å². The maximum atomic E-state index is 12.4. The van der Waals surface area contributed by atoms with Crippen molar-refractivity contribution in [1.82, 2.24) is 4.98 Å². The van der Waals surface area contributed by atoms with E-state index in [1.54, 1.807) is 0 Å². The van der Waals surface area contributed by atoms with Gasteiger partial charge in [0.1, 0.15) is 10.7 Å². The van der Waals surface area contributed by atoms with Gasteiger partial charge < -0.3 is 5.73 Å². The predicted octanol–water partition coefficient (Wildman–Crippen LogP) is 3.74. The predicted molar refractivity (Wildman–Crippen MR) is 70.9 cm³/mol. The van der Waals surface area contributed by atoms with E-state index in [1.165, 1.54) is 24.3 Å². The fourth-order valence-corrected chi connectivity index (χ4v) is 2.30. The molecule has 1 heterocycles. The van der Waals surface area contributed by atoms with Crippen LogP contribution in [0.3, 0.4) is 0 Å². The lowest BCUT2D eigenvalue weighted by Gasteiger charge is -2.07. The molecule has 0 spiro atoms. The zero-order valence-corrected chi connectivity index (χ0v) is 11.1. The first-order chi connectivity index (χ1) is 9.77. The number of alkyl halides is 3. The van der Waals surface area contributed by atoms with Crippen LogP contribution in [-0.4, -0.2) is 9.91 Å². The van der Waals surface area contributed by atoms with Gasteiger partial charge in [-0.1, -0.05) is 11.8 Å². The highest BCUT2D eigenvalue weighted by atomic mass is 32.2. The Morgan fingerprint density at radius 1 is 1.24 bits per heavy atom. The second-order valence-electron chi connectivity index (χ2n) is 3.96. The number of benzene rings is 1. The van der Waals surface area contributed by atoms with Gasteiger partial charge in [-0.3, -0.25) is 10.1 Å². The third kappa shape index (κ3) is 3.63. The van der Waals surface area contributed by atoms with Crippen LogP contribution in [0, 0.1) is 10.1 Å². The van der Waals surface area contributed by atoms with E-state index in [-0.39, 0.29) is 11.4 Å². The minimum atomic E-state index is -4.44. The molecule has 1 aromatic heterocycles. The molecule has 0 radical (unpaired) electrons. The first-order valence-corrected chi connectivity index (χ1v) is 6.34. The summed E-state index contributed by atoms with van der Waals surface area (Å²) in [7, 11) is 0. The van der Waals surface area contributed by atoms with Crippen molar-refractivity contribution in [2.24, 2.45) is 0 Å². The number of aromatic nitrogens is 1. The Labute approximate surface area is 121 Å². The van der Waals surface area contributed by atoms with Crippen molar-refractivity contribution in [2.75, 3.05) is 5.73 Å². The normalized spacial score (nSPS) is 11.4. The van der Waals surface area contributed by atoms with Gasteiger partial charge in [0.05, 0.1) is 10.5 Å². The summed E-state index contributed by atoms with van der Waals surface area (Å²) in [6.45, 7) is 0. The lowest BCUT2D eigenvalue weighted by Crippen LogP contribution is -2.05. The van der Waals surface area contributed by atoms with Gasteiger partial charge in [0, 0.05) is 17.2 Å². The lowest BCUT2D eigenvalue weighted by atomic mass is 10.3. The first-order valence-electron chi connectivity index (χ1n) is 5.52. The summed E-state index contributed by atoms with van der Waals surface area (Å²) in [6, 6.07) is 6.22. The number of nitrogen functional groups attached to an aromatic ring is 1. The summed E-state index contributed by atoms with van der Waals surface area (Å²) < 4.78 is 37.2. The topological polar surface area (TPSA) is 82.0 Å². The van der Waals surface area contributed by atoms with Crippen molar-refractivity contribution in [1.29, 1.82) is 0 Å². The second-order valence-corrected chi connectivity index (χ2v) is 5.06. The molecule has 0 fully saturated rings. The van der Waals surface area contributed by atoms with Gasteiger partial charge in [-0.25, -0.2) is 4.98 Å². The molecule has 0 bridgehead atoms. The molecule has 0 amide bonds. The van der Waals surface area contributed by atoms with E-state index in [4.69, 9.17) is 5.73 Å². The van der Waals surface area contributed by atoms with Crippen LogP contribution in [0.2, 0.25) is 0 Å². The van der Waals surface area contributed by atoms with Crippen LogP contribution in [-0.2, 0) is 6.18 Å². The molecule has 2 N–H and O–H groups in total. The monoisotopic (exact) mass is 315 g/mol. The van der Waals surface area contributed by atoms with Crippen LogP contribution in [0.25, 0.3) is 0 Å². The van der Waals surface area contributed by atoms with Crippen LogP contribution < -0.4 is 5.73 Å². The standard InChI is InChI=1S/C12H8F3N3O2S/c13-12(14,15)7-1-4-11(17-6-7)21-8-2-3-10(18(19)20)9(16)5-8/h1-6H,16H2. The molecule has 110 valence electrons. The molecule has 0 atom stereocenters. The number of nitro benzene ring substituents is 1. The Morgan fingerprint density at radius 2 is 1.95 bits per heavy atom. The van der Waals surface area contributed by atoms with Crippen molar-refractivity contribution in [3.8, 4) is 0 Å². The highest BCUT2D eigenvalue weighted by molar-refractivity contribution is 7.99. The molecule has 0 unspecified atom stereocenters. The van der Waals surface area contributed by atoms with Gasteiger partial charge in [0.25, 0.3) is 5.69 Å². The van der Waals surface area contributed by atoms with E-state index >= 15 is 0 Å². The van der Waals surface area contributed by atoms with E-state index < -0.39 is 16.7 Å². The van der Waals surface area contributed by atoms with Crippen molar-refractivity contribution in [3.63, 3.8) is 0 Å². The molecule has 0 saturated carbocycles. The van der Waals surface area contributed by atoms with Gasteiger partial charge in [0.15, 0.2) is 0 Å². The van der Waals surface area contributed by atoms with E-state index in [0.717, 1.165) is 24.0 Å². The quantitative estimate of drug-likeness (QED) is 0.530. The zero-order chi connectivity index (χ0) is 15.6. The third-order valence-electron chi connectivity index (χ3n) is 2.48. The van der Waals surface area contributed by atoms with Crippen LogP contribution in [0.15, 0.2) is 46.5 Å². The van der Waals surface area contributed by atoms with Crippen LogP contribution in [0.5, 0.6) is 0 Å². The number of anilines is 1. The number of halogens is 3. The number of rotatable bonds is 3. The summed E-state index contributed by atoms with van der Waals surface area (Å²) in [5.74, 6) is 0. The molecule has 21 heavy (non-hydrogen) atoms. The molecular weight excluding hydrogens is 307 g/mol. The Bertz CT molecular complexity index is 674. The number of nitro groups is 1. The summed E-state index contributed by atoms with van der Waals surface area (Å²) in [4.78, 5) is 14.3. The SMILES string of the molecule is Nc1cc(Sc2ccc(C(F)(F)F)cn2)ccc1[N+](=O)[O-]. The van der Waals surface area contributed by atoms with E-state index in [1.807, 2.05) is 0 Å². The second kappa shape index (κ2) is 5.60. The minimum absolute atomic E-state index is 0.0167. The molecular formula is C12H8F3N3O2S. The average Bonchev–Trinajstić information content (AvgIpc) is 2.38. The maximum absolute atomic E-state index is 12.4. The molecule has 0 saturated heterocycles. The number of pyridine rings is 1. The minimum Gasteiger partial charge on any atom is -0.393 e. The van der Waals surface area contributed by atoms with E-state index in [0.29, 0.717) is 9.92 Å². The zero-order valence-electron chi connectivity index (χ0n) is 10.3. The van der Waals surface area contributed by atoms with Crippen molar-refractivity contribution < 1.29 is 18.1 Å². The molecule has 0 aliphatic rings. The Hall–Kier alpha value is -2.29. The van der Waals surface area contributed by atoms with E-state index in [9.17, 15) is 23.3 Å². The van der Waals surface area contributed by atoms with Crippen molar-refractivity contribution >= 4 is 23.1 Å². The van der Waals surface area contributed by atoms with Crippen molar-refractivity contribution in [3.05, 3.63) is 52.2 Å². The molecule has 1 aromatic carbocycles. The Balaban J connectivity index is 2.19. The fraction of sp³-hybridized carbons (Fsp3) is 0.0833. The van der Waals surface area contributed by atoms with Gasteiger partial charge in [-0.15, -0.1) is 0 Å². The third-order valence-corrected chi connectivity index (χ3v) is 3.42. The summed E-state index contributed by atoms with van der Waals surface area (Å²) in [6.07, 6.45) is -3.70. The molecule has 0 aliphatic carbocycles. The number of nitrogens with zero attached hydrogens (tertiary/aromatic N) is 2. The maximum Gasteiger partial charge on any atom is 0.417 e. The van der Waals surface area contributed by atoms with Gasteiger partial charge in [-0.05, 0) is 24.3 Å². The number of hydrogen-bond donors (Lipinski definition) is 1. The highest BCUT2D eigenvalue weighted by Gasteiger charge is 2.30. The largest absolute Gasteiger partial charge is 0.417 e. The average molecular weight is 315 g/mol. The Morgan fingerprint density at radius 3 is 2.43 bits per heavy atom. The molecule has 5 nitrogen and oxygen atoms in total. The molecule has 9 heteroatoms. The smallest absolute Gasteiger partial charge is 0.393 e. The lowest BCUT2D eigenvalue weighted by molar-refractivity contribution is -0.383. The van der Waals surface area contributed by atoms with Crippen LogP contribution in [0.4, 0.5) is 24.5 Å². The van der Waals surface area contributed by atoms with Crippen molar-refractivity contribution in [2.45, 2.75) is 16.1 Å². The first kappa shape index (κ1) is 15.1.